The van der Waals surface area contributed by atoms with E-state index in [1.165, 1.54) is 0 Å². The van der Waals surface area contributed by atoms with Gasteiger partial charge in [-0.15, -0.1) is 0 Å². The van der Waals surface area contributed by atoms with E-state index in [0.717, 1.165) is 24.4 Å². The van der Waals surface area contributed by atoms with Gasteiger partial charge in [0.1, 0.15) is 5.84 Å². The van der Waals surface area contributed by atoms with Crippen LogP contribution in [0.3, 0.4) is 0 Å². The number of ketones is 1. The highest BCUT2D eigenvalue weighted by molar-refractivity contribution is 6.21. The zero-order chi connectivity index (χ0) is 8.27. The molecule has 0 aromatic rings. The average Bonchev–Trinajstić information content (AvgIpc) is 2.04. The van der Waals surface area contributed by atoms with Gasteiger partial charge in [0.15, 0.2) is 5.78 Å². The van der Waals surface area contributed by atoms with Gasteiger partial charge >= 0.3 is 0 Å². The molecule has 0 amide bonds. The van der Waals surface area contributed by atoms with Gasteiger partial charge in [-0.05, 0) is 13.3 Å². The van der Waals surface area contributed by atoms with Crippen molar-refractivity contribution in [2.24, 2.45) is 4.99 Å². The number of carbonyl (C=O) groups is 1. The van der Waals surface area contributed by atoms with Gasteiger partial charge in [0.25, 0.3) is 0 Å². The molecule has 1 aliphatic heterocycles. The van der Waals surface area contributed by atoms with Crippen molar-refractivity contribution in [1.29, 1.82) is 0 Å². The third-order valence-electron chi connectivity index (χ3n) is 1.64. The number of rotatable bonds is 1. The van der Waals surface area contributed by atoms with Crippen molar-refractivity contribution in [2.75, 3.05) is 13.6 Å². The average molecular weight is 152 g/mol. The van der Waals surface area contributed by atoms with Crippen LogP contribution in [0.2, 0.25) is 0 Å². The summed E-state index contributed by atoms with van der Waals surface area (Å²) in [5.41, 5.74) is 0.721. The predicted molar refractivity (Wildman–Crippen MR) is 44.7 cm³/mol. The van der Waals surface area contributed by atoms with Gasteiger partial charge in [0.05, 0.1) is 5.57 Å². The molecule has 1 heterocycles. The molecule has 0 unspecified atom stereocenters. The molecular formula is C8H12N2O. The summed E-state index contributed by atoms with van der Waals surface area (Å²) in [6, 6.07) is 0. The first-order valence-electron chi connectivity index (χ1n) is 3.68. The van der Waals surface area contributed by atoms with Gasteiger partial charge in [-0.25, -0.2) is 0 Å². The Morgan fingerprint density at radius 1 is 1.73 bits per heavy atom. The lowest BCUT2D eigenvalue weighted by Gasteiger charge is -2.14. The second-order valence-corrected chi connectivity index (χ2v) is 2.46. The van der Waals surface area contributed by atoms with Gasteiger partial charge < -0.3 is 5.32 Å². The largest absolute Gasteiger partial charge is 0.369 e. The Kier molecular flexibility index (Phi) is 2.41. The number of amidine groups is 1. The number of hydrogen-bond donors (Lipinski definition) is 1. The minimum Gasteiger partial charge on any atom is -0.369 e. The lowest BCUT2D eigenvalue weighted by Crippen LogP contribution is -2.32. The Bertz CT molecular complexity index is 228. The van der Waals surface area contributed by atoms with Crippen LogP contribution >= 0.6 is 0 Å². The molecular weight excluding hydrogens is 140 g/mol. The Hall–Kier alpha value is -1.12. The van der Waals surface area contributed by atoms with E-state index in [4.69, 9.17) is 0 Å². The first kappa shape index (κ1) is 7.98. The second kappa shape index (κ2) is 3.32. The molecule has 0 spiro atoms. The summed E-state index contributed by atoms with van der Waals surface area (Å²) >= 11 is 0. The molecule has 0 fully saturated rings. The fourth-order valence-electron chi connectivity index (χ4n) is 1.11. The van der Waals surface area contributed by atoms with Crippen LogP contribution in [-0.4, -0.2) is 25.2 Å². The number of aliphatic imine (C=N–C) groups is 1. The summed E-state index contributed by atoms with van der Waals surface area (Å²) < 4.78 is 0. The van der Waals surface area contributed by atoms with E-state index in [-0.39, 0.29) is 5.78 Å². The maximum absolute atomic E-state index is 11.0. The molecule has 11 heavy (non-hydrogen) atoms. The highest BCUT2D eigenvalue weighted by Crippen LogP contribution is 2.04. The maximum Gasteiger partial charge on any atom is 0.163 e. The van der Waals surface area contributed by atoms with E-state index in [9.17, 15) is 4.79 Å². The molecule has 1 rings (SSSR count). The van der Waals surface area contributed by atoms with Gasteiger partial charge in [-0.1, -0.05) is 6.08 Å². The van der Waals surface area contributed by atoms with Gasteiger partial charge in [0.2, 0.25) is 0 Å². The highest BCUT2D eigenvalue weighted by Gasteiger charge is 2.13. The highest BCUT2D eigenvalue weighted by atomic mass is 16.1. The molecule has 0 aromatic heterocycles. The fraction of sp³-hybridized carbons (Fsp3) is 0.500. The molecule has 0 radical (unpaired) electrons. The molecule has 1 N–H and O–H groups in total. The third kappa shape index (κ3) is 1.67. The minimum atomic E-state index is 0.0813. The molecule has 0 saturated heterocycles. The van der Waals surface area contributed by atoms with Crippen molar-refractivity contribution >= 4 is 11.6 Å². The van der Waals surface area contributed by atoms with Crippen LogP contribution < -0.4 is 5.32 Å². The maximum atomic E-state index is 11.0. The number of nitrogens with one attached hydrogen (secondary N) is 1. The molecule has 60 valence electrons. The van der Waals surface area contributed by atoms with E-state index in [0.29, 0.717) is 0 Å². The molecule has 0 atom stereocenters. The van der Waals surface area contributed by atoms with Crippen molar-refractivity contribution in [1.82, 2.24) is 5.32 Å². The zero-order valence-corrected chi connectivity index (χ0v) is 6.85. The van der Waals surface area contributed by atoms with Crippen LogP contribution in [0.15, 0.2) is 16.6 Å². The summed E-state index contributed by atoms with van der Waals surface area (Å²) in [5.74, 6) is 0.807. The smallest absolute Gasteiger partial charge is 0.163 e. The molecule has 0 aliphatic carbocycles. The summed E-state index contributed by atoms with van der Waals surface area (Å²) in [4.78, 5) is 14.9. The number of nitrogens with zero attached hydrogens (tertiary/aromatic N) is 1. The summed E-state index contributed by atoms with van der Waals surface area (Å²) in [6.07, 6.45) is 2.84. The molecule has 1 aliphatic rings. The van der Waals surface area contributed by atoms with Crippen LogP contribution in [-0.2, 0) is 4.79 Å². The minimum absolute atomic E-state index is 0.0813. The number of hydrogen-bond acceptors (Lipinski definition) is 2. The standard InChI is InChI=1S/C8H12N2O/c1-6(11)7-4-3-5-10-8(7)9-2/h4H,3,5H2,1-2H3,(H,9,10). The fourth-order valence-corrected chi connectivity index (χ4v) is 1.11. The van der Waals surface area contributed by atoms with E-state index >= 15 is 0 Å². The van der Waals surface area contributed by atoms with Crippen LogP contribution in [0.1, 0.15) is 13.3 Å². The van der Waals surface area contributed by atoms with Crippen molar-refractivity contribution in [3.05, 3.63) is 11.6 Å². The topological polar surface area (TPSA) is 41.5 Å². The van der Waals surface area contributed by atoms with Crippen molar-refractivity contribution < 1.29 is 4.79 Å². The molecule has 3 heteroatoms. The van der Waals surface area contributed by atoms with E-state index in [2.05, 4.69) is 10.3 Å². The molecule has 0 bridgehead atoms. The third-order valence-corrected chi connectivity index (χ3v) is 1.64. The van der Waals surface area contributed by atoms with Gasteiger partial charge in [-0.3, -0.25) is 9.79 Å². The van der Waals surface area contributed by atoms with Crippen LogP contribution in [0.25, 0.3) is 0 Å². The first-order chi connectivity index (χ1) is 5.25. The lowest BCUT2D eigenvalue weighted by molar-refractivity contribution is -0.113. The number of carbonyl (C=O) groups excluding carboxylic acids is 1. The van der Waals surface area contributed by atoms with Gasteiger partial charge in [0, 0.05) is 13.6 Å². The van der Waals surface area contributed by atoms with E-state index < -0.39 is 0 Å². The Morgan fingerprint density at radius 2 is 2.45 bits per heavy atom. The summed E-state index contributed by atoms with van der Waals surface area (Å²) in [7, 11) is 1.68. The Morgan fingerprint density at radius 3 is 2.91 bits per heavy atom. The lowest BCUT2D eigenvalue weighted by atomic mass is 10.1. The van der Waals surface area contributed by atoms with E-state index in [1.54, 1.807) is 14.0 Å². The second-order valence-electron chi connectivity index (χ2n) is 2.46. The molecule has 0 aromatic carbocycles. The van der Waals surface area contributed by atoms with Gasteiger partial charge in [-0.2, -0.15) is 0 Å². The Labute approximate surface area is 66.2 Å². The van der Waals surface area contributed by atoms with Crippen LogP contribution in [0.5, 0.6) is 0 Å². The SMILES string of the molecule is CN=C1NCCC=C1C(C)=O. The van der Waals surface area contributed by atoms with Crippen molar-refractivity contribution in [2.45, 2.75) is 13.3 Å². The van der Waals surface area contributed by atoms with Crippen LogP contribution in [0.4, 0.5) is 0 Å². The molecule has 0 saturated carbocycles. The van der Waals surface area contributed by atoms with Crippen molar-refractivity contribution in [3.8, 4) is 0 Å². The monoisotopic (exact) mass is 152 g/mol. The summed E-state index contributed by atoms with van der Waals surface area (Å²) in [6.45, 7) is 2.44. The first-order valence-corrected chi connectivity index (χ1v) is 3.68. The van der Waals surface area contributed by atoms with E-state index in [1.807, 2.05) is 6.08 Å². The zero-order valence-electron chi connectivity index (χ0n) is 6.85. The normalized spacial score (nSPS) is 20.9. The molecule has 3 nitrogen and oxygen atoms in total. The predicted octanol–water partition coefficient (Wildman–Crippen LogP) is 0.523. The Balaban J connectivity index is 2.89. The van der Waals surface area contributed by atoms with Crippen LogP contribution in [0, 0.1) is 0 Å². The number of Topliss-reactive ketones (excluding diaryl/α,β-unsaturated/α-hetero) is 1. The van der Waals surface area contributed by atoms with Crippen molar-refractivity contribution in [3.63, 3.8) is 0 Å². The quantitative estimate of drug-likeness (QED) is 0.595. The summed E-state index contributed by atoms with van der Waals surface area (Å²) in [5, 5.41) is 3.06.